The van der Waals surface area contributed by atoms with Gasteiger partial charge in [-0.25, -0.2) is 0 Å². The van der Waals surface area contributed by atoms with Gasteiger partial charge in [0.1, 0.15) is 11.4 Å². The van der Waals surface area contributed by atoms with Crippen molar-refractivity contribution in [3.63, 3.8) is 0 Å². The van der Waals surface area contributed by atoms with E-state index in [0.29, 0.717) is 0 Å². The summed E-state index contributed by atoms with van der Waals surface area (Å²) in [6.07, 6.45) is 0.0814. The highest BCUT2D eigenvalue weighted by Crippen LogP contribution is 2.22. The fourth-order valence-corrected chi connectivity index (χ4v) is 3.03. The molecule has 1 aromatic carbocycles. The number of aromatic hydroxyl groups is 1. The van der Waals surface area contributed by atoms with E-state index < -0.39 is 11.5 Å². The second kappa shape index (κ2) is 8.13. The van der Waals surface area contributed by atoms with Crippen LogP contribution in [0.15, 0.2) is 35.0 Å². The zero-order valence-corrected chi connectivity index (χ0v) is 15.0. The van der Waals surface area contributed by atoms with Crippen LogP contribution < -0.4 is 10.6 Å². The summed E-state index contributed by atoms with van der Waals surface area (Å²) in [5.41, 5.74) is 0.644. The number of nitrogens with one attached hydrogen (secondary N) is 2. The largest absolute Gasteiger partial charge is 0.507 e. The van der Waals surface area contributed by atoms with Crippen LogP contribution in [0.3, 0.4) is 0 Å². The lowest BCUT2D eigenvalue weighted by atomic mass is 9.99. The van der Waals surface area contributed by atoms with Crippen LogP contribution in [0.5, 0.6) is 5.75 Å². The van der Waals surface area contributed by atoms with Crippen LogP contribution in [0.1, 0.15) is 34.8 Å². The predicted molar refractivity (Wildman–Crippen MR) is 96.7 cm³/mol. The molecule has 0 aliphatic heterocycles. The lowest BCUT2D eigenvalue weighted by molar-refractivity contribution is -0.122. The van der Waals surface area contributed by atoms with Crippen molar-refractivity contribution in [3.05, 3.63) is 51.7 Å². The van der Waals surface area contributed by atoms with Crippen molar-refractivity contribution in [2.45, 2.75) is 25.9 Å². The number of rotatable bonds is 7. The number of aryl methyl sites for hydroxylation is 1. The molecule has 0 bridgehead atoms. The first-order chi connectivity index (χ1) is 11.8. The number of hydrogen-bond acceptors (Lipinski definition) is 5. The van der Waals surface area contributed by atoms with Crippen LogP contribution in [0.25, 0.3) is 0 Å². The number of phenolic OH excluding ortho intramolecular Hbond substituents is 1. The molecular formula is C18H22N2O4S. The smallest absolute Gasteiger partial charge is 0.255 e. The van der Waals surface area contributed by atoms with Gasteiger partial charge in [-0.3, -0.25) is 9.59 Å². The third kappa shape index (κ3) is 5.30. The van der Waals surface area contributed by atoms with Gasteiger partial charge >= 0.3 is 0 Å². The summed E-state index contributed by atoms with van der Waals surface area (Å²) in [7, 11) is 0. The first-order valence-corrected chi connectivity index (χ1v) is 8.83. The standard InChI is InChI=1S/C18H22N2O4S/c1-12-3-4-14(15(21)9-12)17(23)19-7-5-16(22)20-11-18(2,24)13-6-8-25-10-13/h3-4,6,8-10,21,24H,5,7,11H2,1-2H3,(H,19,23)(H,20,22)/t18-/m0/s1. The van der Waals surface area contributed by atoms with Crippen molar-refractivity contribution >= 4 is 23.2 Å². The molecule has 1 atom stereocenters. The zero-order chi connectivity index (χ0) is 18.4. The Labute approximate surface area is 150 Å². The predicted octanol–water partition coefficient (Wildman–Crippen LogP) is 1.91. The maximum Gasteiger partial charge on any atom is 0.255 e. The minimum absolute atomic E-state index is 0.0814. The van der Waals surface area contributed by atoms with Gasteiger partial charge in [0, 0.05) is 13.0 Å². The van der Waals surface area contributed by atoms with Crippen molar-refractivity contribution in [1.29, 1.82) is 0 Å². The summed E-state index contributed by atoms with van der Waals surface area (Å²) in [5, 5.41) is 29.1. The normalized spacial score (nSPS) is 13.1. The summed E-state index contributed by atoms with van der Waals surface area (Å²) in [5.74, 6) is -0.798. The molecule has 2 aromatic rings. The molecule has 1 heterocycles. The van der Waals surface area contributed by atoms with Gasteiger partial charge in [0.25, 0.3) is 5.91 Å². The Morgan fingerprint density at radius 3 is 2.64 bits per heavy atom. The van der Waals surface area contributed by atoms with Crippen LogP contribution in [0.4, 0.5) is 0 Å². The maximum atomic E-state index is 12.0. The number of thiophene rings is 1. The van der Waals surface area contributed by atoms with Crippen LogP contribution >= 0.6 is 11.3 Å². The Balaban J connectivity index is 1.76. The minimum atomic E-state index is -1.13. The zero-order valence-electron chi connectivity index (χ0n) is 14.2. The summed E-state index contributed by atoms with van der Waals surface area (Å²) >= 11 is 1.48. The number of carbonyl (C=O) groups is 2. The van der Waals surface area contributed by atoms with Gasteiger partial charge in [0.05, 0.1) is 12.1 Å². The molecule has 4 N–H and O–H groups in total. The number of aliphatic hydroxyl groups is 1. The number of hydrogen-bond donors (Lipinski definition) is 4. The molecule has 7 heteroatoms. The summed E-state index contributed by atoms with van der Waals surface area (Å²) in [4.78, 5) is 23.9. The van der Waals surface area contributed by atoms with Gasteiger partial charge in [-0.2, -0.15) is 11.3 Å². The highest BCUT2D eigenvalue weighted by molar-refractivity contribution is 7.08. The number of benzene rings is 1. The molecule has 0 aliphatic rings. The van der Waals surface area contributed by atoms with Crippen molar-refractivity contribution in [2.75, 3.05) is 13.1 Å². The van der Waals surface area contributed by atoms with Crippen LogP contribution in [0, 0.1) is 6.92 Å². The second-order valence-electron chi connectivity index (χ2n) is 6.09. The van der Waals surface area contributed by atoms with Crippen molar-refractivity contribution in [2.24, 2.45) is 0 Å². The topological polar surface area (TPSA) is 98.7 Å². The summed E-state index contributed by atoms with van der Waals surface area (Å²) < 4.78 is 0. The van der Waals surface area contributed by atoms with E-state index >= 15 is 0 Å². The molecule has 0 radical (unpaired) electrons. The van der Waals surface area contributed by atoms with Crippen molar-refractivity contribution < 1.29 is 19.8 Å². The van der Waals surface area contributed by atoms with E-state index in [1.165, 1.54) is 23.5 Å². The summed E-state index contributed by atoms with van der Waals surface area (Å²) in [6.45, 7) is 3.68. The minimum Gasteiger partial charge on any atom is -0.507 e. The fraction of sp³-hybridized carbons (Fsp3) is 0.333. The molecule has 0 saturated heterocycles. The molecule has 1 aromatic heterocycles. The molecule has 2 rings (SSSR count). The van der Waals surface area contributed by atoms with E-state index in [4.69, 9.17) is 0 Å². The molecule has 0 aliphatic carbocycles. The molecule has 134 valence electrons. The van der Waals surface area contributed by atoms with Crippen molar-refractivity contribution in [3.8, 4) is 5.75 Å². The van der Waals surface area contributed by atoms with Crippen LogP contribution in [0.2, 0.25) is 0 Å². The SMILES string of the molecule is Cc1ccc(C(=O)NCCC(=O)NC[C@](C)(O)c2ccsc2)c(O)c1. The molecule has 0 fully saturated rings. The van der Waals surface area contributed by atoms with Gasteiger partial charge < -0.3 is 20.8 Å². The first kappa shape index (κ1) is 19.0. The maximum absolute atomic E-state index is 12.0. The third-order valence-corrected chi connectivity index (χ3v) is 4.49. The molecule has 2 amide bonds. The highest BCUT2D eigenvalue weighted by Gasteiger charge is 2.24. The highest BCUT2D eigenvalue weighted by atomic mass is 32.1. The van der Waals surface area contributed by atoms with Gasteiger partial charge in [0.15, 0.2) is 0 Å². The molecule has 0 unspecified atom stereocenters. The average molecular weight is 362 g/mol. The van der Waals surface area contributed by atoms with E-state index in [-0.39, 0.29) is 36.7 Å². The molecular weight excluding hydrogens is 340 g/mol. The fourth-order valence-electron chi connectivity index (χ4n) is 2.25. The molecule has 25 heavy (non-hydrogen) atoms. The number of phenols is 1. The van der Waals surface area contributed by atoms with E-state index in [9.17, 15) is 19.8 Å². The molecule has 0 saturated carbocycles. The van der Waals surface area contributed by atoms with Gasteiger partial charge in [-0.1, -0.05) is 6.07 Å². The van der Waals surface area contributed by atoms with E-state index in [0.717, 1.165) is 11.1 Å². The molecule has 0 spiro atoms. The lowest BCUT2D eigenvalue weighted by Gasteiger charge is -2.22. The Morgan fingerprint density at radius 2 is 2.00 bits per heavy atom. The van der Waals surface area contributed by atoms with Gasteiger partial charge in [-0.15, -0.1) is 0 Å². The Morgan fingerprint density at radius 1 is 1.24 bits per heavy atom. The first-order valence-electron chi connectivity index (χ1n) is 7.89. The lowest BCUT2D eigenvalue weighted by Crippen LogP contribution is -2.39. The monoisotopic (exact) mass is 362 g/mol. The number of carbonyl (C=O) groups excluding carboxylic acids is 2. The van der Waals surface area contributed by atoms with Gasteiger partial charge in [-0.05, 0) is 53.9 Å². The Kier molecular flexibility index (Phi) is 6.17. The molecule has 6 nitrogen and oxygen atoms in total. The van der Waals surface area contributed by atoms with Crippen LogP contribution in [-0.2, 0) is 10.4 Å². The quantitative estimate of drug-likeness (QED) is 0.605. The number of amides is 2. The van der Waals surface area contributed by atoms with E-state index in [2.05, 4.69) is 10.6 Å². The van der Waals surface area contributed by atoms with Crippen LogP contribution in [-0.4, -0.2) is 35.1 Å². The Bertz CT molecular complexity index is 742. The second-order valence-corrected chi connectivity index (χ2v) is 6.87. The average Bonchev–Trinajstić information content (AvgIpc) is 3.08. The van der Waals surface area contributed by atoms with E-state index in [1.54, 1.807) is 13.0 Å². The Hall–Kier alpha value is -2.38. The third-order valence-electron chi connectivity index (χ3n) is 3.81. The van der Waals surface area contributed by atoms with E-state index in [1.807, 2.05) is 23.8 Å². The van der Waals surface area contributed by atoms with Gasteiger partial charge in [0.2, 0.25) is 5.91 Å². The summed E-state index contributed by atoms with van der Waals surface area (Å²) in [6, 6.07) is 6.59. The van der Waals surface area contributed by atoms with Crippen molar-refractivity contribution in [1.82, 2.24) is 10.6 Å².